The lowest BCUT2D eigenvalue weighted by Crippen LogP contribution is -2.46. The summed E-state index contributed by atoms with van der Waals surface area (Å²) in [6.07, 6.45) is 22.4. The van der Waals surface area contributed by atoms with Crippen molar-refractivity contribution < 1.29 is 19.5 Å². The van der Waals surface area contributed by atoms with E-state index in [0.717, 1.165) is 34.5 Å². The van der Waals surface area contributed by atoms with Gasteiger partial charge in [-0.3, -0.25) is 19.8 Å². The van der Waals surface area contributed by atoms with Gasteiger partial charge in [-0.25, -0.2) is 0 Å². The van der Waals surface area contributed by atoms with E-state index < -0.39 is 0 Å². The van der Waals surface area contributed by atoms with E-state index in [4.69, 9.17) is 0 Å². The summed E-state index contributed by atoms with van der Waals surface area (Å²) in [6.45, 7) is 14.6. The van der Waals surface area contributed by atoms with Gasteiger partial charge in [-0.2, -0.15) is 5.01 Å². The molecule has 0 radical (unpaired) electrons. The molecule has 1 saturated heterocycles. The zero-order valence-electron chi connectivity index (χ0n) is 30.0. The summed E-state index contributed by atoms with van der Waals surface area (Å²) in [5.41, 5.74) is 4.74. The van der Waals surface area contributed by atoms with Crippen LogP contribution in [0.1, 0.15) is 187 Å². The molecule has 2 N–H and O–H groups in total. The molecule has 6 nitrogen and oxygen atoms in total. The molecule has 0 saturated carbocycles. The molecule has 1 aromatic carbocycles. The summed E-state index contributed by atoms with van der Waals surface area (Å²) in [6, 6.07) is 3.94. The number of unbranched alkanes of at least 4 members (excludes halogenated alkanes) is 15. The summed E-state index contributed by atoms with van der Waals surface area (Å²) in [5.74, 6) is -0.951. The number of benzene rings is 1. The average Bonchev–Trinajstić information content (AvgIpc) is 3.22. The Balaban J connectivity index is 1.65. The Morgan fingerprint density at radius 2 is 1.18 bits per heavy atom. The van der Waals surface area contributed by atoms with E-state index in [2.05, 4.69) is 53.9 Å². The molecule has 256 valence electrons. The maximum absolute atomic E-state index is 12.9. The molecule has 2 rings (SSSR count). The number of imide groups is 1. The van der Waals surface area contributed by atoms with Gasteiger partial charge < -0.3 is 5.11 Å². The lowest BCUT2D eigenvalue weighted by Gasteiger charge is -2.28. The van der Waals surface area contributed by atoms with Gasteiger partial charge in [0.2, 0.25) is 11.8 Å². The fraction of sp³-hybridized carbons (Fsp3) is 0.769. The highest BCUT2D eigenvalue weighted by Crippen LogP contribution is 2.40. The lowest BCUT2D eigenvalue weighted by molar-refractivity contribution is -0.148. The van der Waals surface area contributed by atoms with E-state index >= 15 is 0 Å². The zero-order chi connectivity index (χ0) is 33.5. The second kappa shape index (κ2) is 19.3. The van der Waals surface area contributed by atoms with Crippen molar-refractivity contribution in [3.63, 3.8) is 0 Å². The van der Waals surface area contributed by atoms with Crippen LogP contribution in [-0.2, 0) is 31.6 Å². The normalized spacial score (nSPS) is 15.7. The Kier molecular flexibility index (Phi) is 16.7. The van der Waals surface area contributed by atoms with Gasteiger partial charge in [-0.1, -0.05) is 163 Å². The molecule has 1 fully saturated rings. The third kappa shape index (κ3) is 13.9. The Morgan fingerprint density at radius 3 is 1.60 bits per heavy atom. The Labute approximate surface area is 275 Å². The standard InChI is InChI=1S/C39H66N2O4/c1-8-9-10-11-12-13-14-15-16-17-18-19-20-21-22-23-24-31-29-35(43)41(37(31)45)40-34(42)26-25-30-27-32(38(2,3)4)36(44)33(28-30)39(5,6)7/h27-28,31,44H,8-26,29H2,1-7H3,(H,40,42). The van der Waals surface area contributed by atoms with Crippen molar-refractivity contribution in [2.24, 2.45) is 5.92 Å². The van der Waals surface area contributed by atoms with Gasteiger partial charge >= 0.3 is 0 Å². The summed E-state index contributed by atoms with van der Waals surface area (Å²) in [5, 5.41) is 11.9. The van der Waals surface area contributed by atoms with Crippen LogP contribution in [0.25, 0.3) is 0 Å². The van der Waals surface area contributed by atoms with Crippen molar-refractivity contribution in [2.75, 3.05) is 0 Å². The minimum Gasteiger partial charge on any atom is -0.507 e. The van der Waals surface area contributed by atoms with Crippen LogP contribution < -0.4 is 5.43 Å². The van der Waals surface area contributed by atoms with Gasteiger partial charge in [-0.15, -0.1) is 0 Å². The Hall–Kier alpha value is -2.37. The fourth-order valence-electron chi connectivity index (χ4n) is 6.40. The number of aromatic hydroxyl groups is 1. The summed E-state index contributed by atoms with van der Waals surface area (Å²) >= 11 is 0. The van der Waals surface area contributed by atoms with E-state index in [1.54, 1.807) is 0 Å². The Bertz CT molecular complexity index is 1030. The van der Waals surface area contributed by atoms with Gasteiger partial charge in [0.05, 0.1) is 0 Å². The first kappa shape index (κ1) is 38.8. The number of carbonyl (C=O) groups excluding carboxylic acids is 3. The van der Waals surface area contributed by atoms with Crippen molar-refractivity contribution in [2.45, 2.75) is 188 Å². The first-order chi connectivity index (χ1) is 21.3. The van der Waals surface area contributed by atoms with Crippen LogP contribution in [-0.4, -0.2) is 27.8 Å². The maximum Gasteiger partial charge on any atom is 0.251 e. The minimum atomic E-state index is -0.345. The third-order valence-corrected chi connectivity index (χ3v) is 9.31. The summed E-state index contributed by atoms with van der Waals surface area (Å²) in [7, 11) is 0. The molecule has 3 amide bonds. The van der Waals surface area contributed by atoms with Crippen molar-refractivity contribution >= 4 is 17.7 Å². The highest BCUT2D eigenvalue weighted by atomic mass is 16.3. The number of hydrazine groups is 1. The molecule has 0 aliphatic carbocycles. The van der Waals surface area contributed by atoms with E-state index in [1.165, 1.54) is 89.9 Å². The molecular weight excluding hydrogens is 560 g/mol. The highest BCUT2D eigenvalue weighted by molar-refractivity contribution is 6.04. The van der Waals surface area contributed by atoms with Crippen molar-refractivity contribution in [1.29, 1.82) is 0 Å². The van der Waals surface area contributed by atoms with E-state index in [9.17, 15) is 19.5 Å². The van der Waals surface area contributed by atoms with Crippen LogP contribution in [0.4, 0.5) is 0 Å². The molecule has 1 aliphatic rings. The van der Waals surface area contributed by atoms with Crippen LogP contribution >= 0.6 is 0 Å². The molecule has 45 heavy (non-hydrogen) atoms. The van der Waals surface area contributed by atoms with E-state index in [0.29, 0.717) is 18.6 Å². The molecule has 1 unspecified atom stereocenters. The van der Waals surface area contributed by atoms with Crippen molar-refractivity contribution in [3.8, 4) is 5.75 Å². The predicted molar refractivity (Wildman–Crippen MR) is 186 cm³/mol. The number of nitrogens with zero attached hydrogens (tertiary/aromatic N) is 1. The number of nitrogens with one attached hydrogen (secondary N) is 1. The van der Waals surface area contributed by atoms with Gasteiger partial charge in [0.15, 0.2) is 0 Å². The molecule has 1 atom stereocenters. The third-order valence-electron chi connectivity index (χ3n) is 9.31. The largest absolute Gasteiger partial charge is 0.507 e. The molecule has 1 aliphatic heterocycles. The highest BCUT2D eigenvalue weighted by Gasteiger charge is 2.39. The van der Waals surface area contributed by atoms with Gasteiger partial charge in [0, 0.05) is 18.8 Å². The predicted octanol–water partition coefficient (Wildman–Crippen LogP) is 9.98. The van der Waals surface area contributed by atoms with Crippen molar-refractivity contribution in [1.82, 2.24) is 10.4 Å². The number of rotatable bonds is 21. The molecule has 1 heterocycles. The minimum absolute atomic E-state index is 0.152. The van der Waals surface area contributed by atoms with Gasteiger partial charge in [0.25, 0.3) is 5.91 Å². The molecule has 0 spiro atoms. The first-order valence-electron chi connectivity index (χ1n) is 18.3. The zero-order valence-corrected chi connectivity index (χ0v) is 30.0. The molecule has 6 heteroatoms. The van der Waals surface area contributed by atoms with Crippen LogP contribution in [0.2, 0.25) is 0 Å². The second-order valence-electron chi connectivity index (χ2n) is 15.6. The topological polar surface area (TPSA) is 86.7 Å². The van der Waals surface area contributed by atoms with E-state index in [1.807, 2.05) is 12.1 Å². The number of phenols is 1. The van der Waals surface area contributed by atoms with E-state index in [-0.39, 0.29) is 47.3 Å². The number of hydrogen-bond acceptors (Lipinski definition) is 4. The first-order valence-corrected chi connectivity index (χ1v) is 18.3. The van der Waals surface area contributed by atoms with Crippen LogP contribution in [0.15, 0.2) is 12.1 Å². The van der Waals surface area contributed by atoms with Crippen LogP contribution in [0.3, 0.4) is 0 Å². The van der Waals surface area contributed by atoms with Crippen molar-refractivity contribution in [3.05, 3.63) is 28.8 Å². The average molecular weight is 627 g/mol. The number of hydrogen-bond donors (Lipinski definition) is 2. The van der Waals surface area contributed by atoms with Gasteiger partial charge in [-0.05, 0) is 40.4 Å². The van der Waals surface area contributed by atoms with Crippen LogP contribution in [0.5, 0.6) is 5.75 Å². The monoisotopic (exact) mass is 627 g/mol. The summed E-state index contributed by atoms with van der Waals surface area (Å²) < 4.78 is 0. The number of aryl methyl sites for hydroxylation is 1. The molecule has 1 aromatic rings. The number of amides is 3. The fourth-order valence-corrected chi connectivity index (χ4v) is 6.40. The van der Waals surface area contributed by atoms with Gasteiger partial charge in [0.1, 0.15) is 5.75 Å². The smallest absolute Gasteiger partial charge is 0.251 e. The molecule has 0 aromatic heterocycles. The Morgan fingerprint density at radius 1 is 0.756 bits per heavy atom. The molecule has 0 bridgehead atoms. The molecular formula is C39H66N2O4. The maximum atomic E-state index is 12.9. The number of carbonyl (C=O) groups is 3. The lowest BCUT2D eigenvalue weighted by atomic mass is 9.78. The quantitative estimate of drug-likeness (QED) is 0.105. The second-order valence-corrected chi connectivity index (χ2v) is 15.6. The summed E-state index contributed by atoms with van der Waals surface area (Å²) in [4.78, 5) is 38.3. The SMILES string of the molecule is CCCCCCCCCCCCCCCCCCC1CC(=O)N(NC(=O)CCc2cc(C(C)(C)C)c(O)c(C(C)(C)C)c2)C1=O. The number of phenolic OH excluding ortho intramolecular Hbond substituents is 1. The van der Waals surface area contributed by atoms with Crippen LogP contribution in [0, 0.1) is 5.92 Å².